The van der Waals surface area contributed by atoms with Crippen molar-refractivity contribution < 1.29 is 14.3 Å². The molecular weight excluding hydrogens is 262 g/mol. The van der Waals surface area contributed by atoms with Crippen LogP contribution in [0.5, 0.6) is 0 Å². The number of aryl methyl sites for hydroxylation is 1. The maximum Gasteiger partial charge on any atom is 0.328 e. The summed E-state index contributed by atoms with van der Waals surface area (Å²) < 4.78 is 4.54. The van der Waals surface area contributed by atoms with E-state index in [0.29, 0.717) is 12.2 Å². The highest BCUT2D eigenvalue weighted by atomic mass is 32.2. The fourth-order valence-electron chi connectivity index (χ4n) is 1.45. The van der Waals surface area contributed by atoms with E-state index in [4.69, 9.17) is 0 Å². The molecule has 4 nitrogen and oxygen atoms in total. The van der Waals surface area contributed by atoms with Crippen LogP contribution in [0.3, 0.4) is 0 Å². The van der Waals surface area contributed by atoms with Crippen molar-refractivity contribution in [1.82, 2.24) is 5.32 Å². The van der Waals surface area contributed by atoms with Crippen LogP contribution in [0.15, 0.2) is 29.2 Å². The minimum absolute atomic E-state index is 0.141. The highest BCUT2D eigenvalue weighted by Gasteiger charge is 2.15. The van der Waals surface area contributed by atoms with Gasteiger partial charge in [0.1, 0.15) is 6.04 Å². The van der Waals surface area contributed by atoms with Crippen LogP contribution < -0.4 is 5.32 Å². The molecule has 0 fully saturated rings. The Labute approximate surface area is 117 Å². The zero-order valence-corrected chi connectivity index (χ0v) is 12.3. The second kappa shape index (κ2) is 7.84. The second-order valence-corrected chi connectivity index (χ2v) is 5.39. The van der Waals surface area contributed by atoms with Gasteiger partial charge in [0.15, 0.2) is 0 Å². The molecule has 1 unspecified atom stereocenters. The third kappa shape index (κ3) is 5.79. The Morgan fingerprint density at radius 3 is 2.53 bits per heavy atom. The lowest BCUT2D eigenvalue weighted by Gasteiger charge is -2.11. The number of hydrogen-bond acceptors (Lipinski definition) is 4. The van der Waals surface area contributed by atoms with Gasteiger partial charge < -0.3 is 10.1 Å². The third-order valence-electron chi connectivity index (χ3n) is 2.55. The maximum absolute atomic E-state index is 11.6. The number of rotatable bonds is 6. The molecule has 104 valence electrons. The Morgan fingerprint density at radius 2 is 1.95 bits per heavy atom. The first-order valence-corrected chi connectivity index (χ1v) is 7.08. The molecule has 5 heteroatoms. The minimum Gasteiger partial charge on any atom is -0.467 e. The lowest BCUT2D eigenvalue weighted by Crippen LogP contribution is -2.39. The lowest BCUT2D eigenvalue weighted by molar-refractivity contribution is -0.144. The van der Waals surface area contributed by atoms with Gasteiger partial charge in [0.05, 0.1) is 7.11 Å². The van der Waals surface area contributed by atoms with Crippen LogP contribution >= 0.6 is 11.8 Å². The topological polar surface area (TPSA) is 55.4 Å². The Hall–Kier alpha value is -1.49. The van der Waals surface area contributed by atoms with Crippen molar-refractivity contribution in [2.75, 3.05) is 12.9 Å². The highest BCUT2D eigenvalue weighted by Crippen LogP contribution is 2.18. The number of carbonyl (C=O) groups is 2. The molecule has 0 saturated carbocycles. The lowest BCUT2D eigenvalue weighted by atomic mass is 10.2. The SMILES string of the molecule is COC(=O)C(C)NC(=O)CCSc1ccc(C)cc1. The van der Waals surface area contributed by atoms with Crippen molar-refractivity contribution in [2.24, 2.45) is 0 Å². The van der Waals surface area contributed by atoms with Crippen molar-refractivity contribution >= 4 is 23.6 Å². The summed E-state index contributed by atoms with van der Waals surface area (Å²) in [6, 6.07) is 7.56. The Morgan fingerprint density at radius 1 is 1.32 bits per heavy atom. The van der Waals surface area contributed by atoms with E-state index in [1.54, 1.807) is 18.7 Å². The molecule has 1 rings (SSSR count). The first-order valence-electron chi connectivity index (χ1n) is 6.09. The average Bonchev–Trinajstić information content (AvgIpc) is 2.40. The predicted octanol–water partition coefficient (Wildman–Crippen LogP) is 2.15. The molecule has 1 amide bonds. The van der Waals surface area contributed by atoms with E-state index < -0.39 is 12.0 Å². The van der Waals surface area contributed by atoms with Gasteiger partial charge in [-0.25, -0.2) is 4.79 Å². The number of ether oxygens (including phenoxy) is 1. The van der Waals surface area contributed by atoms with Gasteiger partial charge in [-0.2, -0.15) is 0 Å². The zero-order chi connectivity index (χ0) is 14.3. The van der Waals surface area contributed by atoms with Crippen LogP contribution in [0.4, 0.5) is 0 Å². The van der Waals surface area contributed by atoms with E-state index in [1.807, 2.05) is 31.2 Å². The number of hydrogen-bond donors (Lipinski definition) is 1. The van der Waals surface area contributed by atoms with Gasteiger partial charge >= 0.3 is 5.97 Å². The molecule has 1 N–H and O–H groups in total. The summed E-state index contributed by atoms with van der Waals surface area (Å²) in [5, 5.41) is 2.60. The first-order chi connectivity index (χ1) is 9.02. The van der Waals surface area contributed by atoms with Gasteiger partial charge in [-0.05, 0) is 26.0 Å². The molecule has 0 aliphatic rings. The Bertz CT molecular complexity index is 431. The molecule has 0 bridgehead atoms. The summed E-state index contributed by atoms with van der Waals surface area (Å²) >= 11 is 1.62. The van der Waals surface area contributed by atoms with E-state index in [1.165, 1.54) is 12.7 Å². The molecule has 0 aliphatic heterocycles. The normalized spacial score (nSPS) is 11.7. The third-order valence-corrected chi connectivity index (χ3v) is 3.56. The summed E-state index contributed by atoms with van der Waals surface area (Å²) in [5.41, 5.74) is 1.22. The van der Waals surface area contributed by atoms with Gasteiger partial charge in [-0.15, -0.1) is 11.8 Å². The van der Waals surface area contributed by atoms with Crippen LogP contribution in [0.2, 0.25) is 0 Å². The molecular formula is C14H19NO3S. The standard InChI is InChI=1S/C14H19NO3S/c1-10-4-6-12(7-5-10)19-9-8-13(16)15-11(2)14(17)18-3/h4-7,11H,8-9H2,1-3H3,(H,15,16). The molecule has 0 spiro atoms. The molecule has 0 heterocycles. The van der Waals surface area contributed by atoms with Gasteiger partial charge in [-0.1, -0.05) is 17.7 Å². The van der Waals surface area contributed by atoms with E-state index in [9.17, 15) is 9.59 Å². The molecule has 0 aliphatic carbocycles. The number of carbonyl (C=O) groups excluding carboxylic acids is 2. The van der Waals surface area contributed by atoms with Crippen molar-refractivity contribution in [3.05, 3.63) is 29.8 Å². The molecule has 0 radical (unpaired) electrons. The number of amides is 1. The predicted molar refractivity (Wildman–Crippen MR) is 76.1 cm³/mol. The van der Waals surface area contributed by atoms with Gasteiger partial charge in [0.25, 0.3) is 0 Å². The van der Waals surface area contributed by atoms with Crippen LogP contribution in [-0.2, 0) is 14.3 Å². The van der Waals surface area contributed by atoms with Crippen LogP contribution in [0.1, 0.15) is 18.9 Å². The summed E-state index contributed by atoms with van der Waals surface area (Å²) in [5.74, 6) is 0.111. The summed E-state index contributed by atoms with van der Waals surface area (Å²) in [6.07, 6.45) is 0.375. The largest absolute Gasteiger partial charge is 0.467 e. The maximum atomic E-state index is 11.6. The molecule has 19 heavy (non-hydrogen) atoms. The molecule has 0 saturated heterocycles. The van der Waals surface area contributed by atoms with Crippen LogP contribution in [0.25, 0.3) is 0 Å². The number of benzene rings is 1. The van der Waals surface area contributed by atoms with Crippen molar-refractivity contribution in [2.45, 2.75) is 31.2 Å². The fourth-order valence-corrected chi connectivity index (χ4v) is 2.30. The Kier molecular flexibility index (Phi) is 6.42. The smallest absolute Gasteiger partial charge is 0.328 e. The monoisotopic (exact) mass is 281 g/mol. The van der Waals surface area contributed by atoms with E-state index >= 15 is 0 Å². The molecule has 1 aromatic rings. The first kappa shape index (κ1) is 15.6. The average molecular weight is 281 g/mol. The van der Waals surface area contributed by atoms with Crippen LogP contribution in [0, 0.1) is 6.92 Å². The second-order valence-electron chi connectivity index (χ2n) is 4.22. The van der Waals surface area contributed by atoms with E-state index in [-0.39, 0.29) is 5.91 Å². The Balaban J connectivity index is 2.27. The molecule has 1 aromatic carbocycles. The number of thioether (sulfide) groups is 1. The van der Waals surface area contributed by atoms with Gasteiger partial charge in [0, 0.05) is 17.1 Å². The van der Waals surface area contributed by atoms with Gasteiger partial charge in [0.2, 0.25) is 5.91 Å². The minimum atomic E-state index is -0.595. The summed E-state index contributed by atoms with van der Waals surface area (Å²) in [6.45, 7) is 3.65. The zero-order valence-electron chi connectivity index (χ0n) is 11.4. The van der Waals surface area contributed by atoms with Gasteiger partial charge in [-0.3, -0.25) is 4.79 Å². The van der Waals surface area contributed by atoms with Crippen molar-refractivity contribution in [3.8, 4) is 0 Å². The van der Waals surface area contributed by atoms with Crippen LogP contribution in [-0.4, -0.2) is 30.8 Å². The summed E-state index contributed by atoms with van der Waals surface area (Å²) in [7, 11) is 1.30. The number of esters is 1. The number of nitrogens with one attached hydrogen (secondary N) is 1. The fraction of sp³-hybridized carbons (Fsp3) is 0.429. The number of methoxy groups -OCH3 is 1. The molecule has 1 atom stereocenters. The summed E-state index contributed by atoms with van der Waals surface area (Å²) in [4.78, 5) is 23.9. The van der Waals surface area contributed by atoms with E-state index in [0.717, 1.165) is 4.90 Å². The highest BCUT2D eigenvalue weighted by molar-refractivity contribution is 7.99. The van der Waals surface area contributed by atoms with Crippen molar-refractivity contribution in [1.29, 1.82) is 0 Å². The van der Waals surface area contributed by atoms with Crippen molar-refractivity contribution in [3.63, 3.8) is 0 Å². The molecule has 0 aromatic heterocycles. The van der Waals surface area contributed by atoms with E-state index in [2.05, 4.69) is 10.1 Å². The quantitative estimate of drug-likeness (QED) is 0.641.